The van der Waals surface area contributed by atoms with Crippen LogP contribution in [0.4, 0.5) is 18.9 Å². The molecule has 0 saturated heterocycles. The molecule has 2 aromatic carbocycles. The lowest BCUT2D eigenvalue weighted by molar-refractivity contribution is 0.0992. The predicted molar refractivity (Wildman–Crippen MR) is 81.1 cm³/mol. The third kappa shape index (κ3) is 2.69. The largest absolute Gasteiger partial charge is 0.366 e. The van der Waals surface area contributed by atoms with E-state index in [1.807, 2.05) is 0 Å². The number of rotatable bonds is 3. The molecule has 0 aliphatic carbocycles. The van der Waals surface area contributed by atoms with Gasteiger partial charge in [-0.3, -0.25) is 9.59 Å². The highest BCUT2D eigenvalue weighted by Crippen LogP contribution is 2.22. The van der Waals surface area contributed by atoms with Gasteiger partial charge in [0.1, 0.15) is 23.1 Å². The van der Waals surface area contributed by atoms with Gasteiger partial charge >= 0.3 is 0 Å². The van der Waals surface area contributed by atoms with Gasteiger partial charge in [-0.15, -0.1) is 0 Å². The molecule has 3 rings (SSSR count). The molecule has 0 bridgehead atoms. The van der Waals surface area contributed by atoms with Gasteiger partial charge in [0.15, 0.2) is 0 Å². The van der Waals surface area contributed by atoms with Gasteiger partial charge in [-0.2, -0.15) is 0 Å². The molecule has 1 heterocycles. The molecule has 0 aliphatic rings. The lowest BCUT2D eigenvalue weighted by Gasteiger charge is -2.07. The van der Waals surface area contributed by atoms with Crippen LogP contribution in [0.1, 0.15) is 20.8 Å². The number of hydrogen-bond donors (Lipinski definition) is 3. The normalized spacial score (nSPS) is 10.8. The van der Waals surface area contributed by atoms with E-state index in [0.29, 0.717) is 11.6 Å². The lowest BCUT2D eigenvalue weighted by atomic mass is 10.1. The summed E-state index contributed by atoms with van der Waals surface area (Å²) in [5.41, 5.74) is 4.36. The second-order valence-corrected chi connectivity index (χ2v) is 5.01. The Morgan fingerprint density at radius 1 is 1.00 bits per heavy atom. The van der Waals surface area contributed by atoms with E-state index >= 15 is 0 Å². The van der Waals surface area contributed by atoms with Crippen LogP contribution in [-0.4, -0.2) is 16.8 Å². The molecular weight excluding hydrogens is 323 g/mol. The van der Waals surface area contributed by atoms with Crippen molar-refractivity contribution in [3.8, 4) is 0 Å². The standard InChI is InChI=1S/C16H10F3N3O2/c17-9-2-1-3-12-7(9)4-14(21-12)16(24)22-13-5-8(15(20)23)10(18)6-11(13)19/h1-6,21H,(H2,20,23)(H,22,24). The molecule has 4 N–H and O–H groups in total. The molecule has 24 heavy (non-hydrogen) atoms. The number of primary amides is 1. The fraction of sp³-hybridized carbons (Fsp3) is 0. The second kappa shape index (κ2) is 5.73. The Morgan fingerprint density at radius 3 is 2.42 bits per heavy atom. The maximum Gasteiger partial charge on any atom is 0.272 e. The van der Waals surface area contributed by atoms with Gasteiger partial charge < -0.3 is 16.0 Å². The lowest BCUT2D eigenvalue weighted by Crippen LogP contribution is -2.17. The molecule has 0 fully saturated rings. The number of carbonyl (C=O) groups is 2. The van der Waals surface area contributed by atoms with Crippen LogP contribution in [0.15, 0.2) is 36.4 Å². The maximum atomic E-state index is 13.8. The van der Waals surface area contributed by atoms with Gasteiger partial charge in [-0.25, -0.2) is 13.2 Å². The summed E-state index contributed by atoms with van der Waals surface area (Å²) in [6, 6.07) is 6.77. The third-order valence-corrected chi connectivity index (χ3v) is 3.43. The van der Waals surface area contributed by atoms with Crippen LogP contribution in [0.25, 0.3) is 10.9 Å². The number of halogens is 3. The van der Waals surface area contributed by atoms with Crippen LogP contribution in [0.3, 0.4) is 0 Å². The highest BCUT2D eigenvalue weighted by molar-refractivity contribution is 6.06. The molecule has 122 valence electrons. The molecule has 0 atom stereocenters. The minimum absolute atomic E-state index is 0.0283. The van der Waals surface area contributed by atoms with Crippen LogP contribution in [-0.2, 0) is 0 Å². The van der Waals surface area contributed by atoms with Crippen molar-refractivity contribution >= 4 is 28.4 Å². The topological polar surface area (TPSA) is 88.0 Å². The number of nitrogens with one attached hydrogen (secondary N) is 2. The van der Waals surface area contributed by atoms with Crippen LogP contribution < -0.4 is 11.1 Å². The summed E-state index contributed by atoms with van der Waals surface area (Å²) < 4.78 is 40.8. The Kier molecular flexibility index (Phi) is 3.72. The molecule has 0 saturated carbocycles. The molecule has 0 unspecified atom stereocenters. The molecule has 0 aliphatic heterocycles. The number of anilines is 1. The second-order valence-electron chi connectivity index (χ2n) is 5.01. The number of carbonyl (C=O) groups excluding carboxylic acids is 2. The molecular formula is C16H10F3N3O2. The first-order valence-corrected chi connectivity index (χ1v) is 6.74. The number of aromatic amines is 1. The van der Waals surface area contributed by atoms with E-state index in [1.165, 1.54) is 18.2 Å². The van der Waals surface area contributed by atoms with Crippen molar-refractivity contribution in [2.75, 3.05) is 5.32 Å². The highest BCUT2D eigenvalue weighted by atomic mass is 19.1. The van der Waals surface area contributed by atoms with Crippen molar-refractivity contribution < 1.29 is 22.8 Å². The first-order valence-electron chi connectivity index (χ1n) is 6.74. The van der Waals surface area contributed by atoms with Crippen molar-refractivity contribution in [1.82, 2.24) is 4.98 Å². The minimum atomic E-state index is -1.13. The monoisotopic (exact) mass is 333 g/mol. The van der Waals surface area contributed by atoms with E-state index in [4.69, 9.17) is 5.73 Å². The zero-order chi connectivity index (χ0) is 17.4. The Morgan fingerprint density at radius 2 is 1.75 bits per heavy atom. The van der Waals surface area contributed by atoms with Crippen molar-refractivity contribution in [3.05, 3.63) is 65.1 Å². The van der Waals surface area contributed by atoms with E-state index in [2.05, 4.69) is 10.3 Å². The summed E-state index contributed by atoms with van der Waals surface area (Å²) in [6.45, 7) is 0. The van der Waals surface area contributed by atoms with Gasteiger partial charge in [0.2, 0.25) is 0 Å². The third-order valence-electron chi connectivity index (χ3n) is 3.43. The summed E-state index contributed by atoms with van der Waals surface area (Å²) in [5, 5.41) is 2.38. The SMILES string of the molecule is NC(=O)c1cc(NC(=O)c2cc3c(F)cccc3[nH]2)c(F)cc1F. The Bertz CT molecular complexity index is 982. The van der Waals surface area contributed by atoms with E-state index in [1.54, 1.807) is 6.07 Å². The van der Waals surface area contributed by atoms with Crippen molar-refractivity contribution in [2.45, 2.75) is 0 Å². The summed E-state index contributed by atoms with van der Waals surface area (Å²) >= 11 is 0. The van der Waals surface area contributed by atoms with Crippen LogP contribution in [0.5, 0.6) is 0 Å². The average Bonchev–Trinajstić information content (AvgIpc) is 2.95. The predicted octanol–water partition coefficient (Wildman–Crippen LogP) is 2.94. The summed E-state index contributed by atoms with van der Waals surface area (Å²) in [4.78, 5) is 26.0. The number of fused-ring (bicyclic) bond motifs is 1. The van der Waals surface area contributed by atoms with Crippen LogP contribution >= 0.6 is 0 Å². The fourth-order valence-electron chi connectivity index (χ4n) is 2.26. The van der Waals surface area contributed by atoms with Crippen molar-refractivity contribution in [1.29, 1.82) is 0 Å². The quantitative estimate of drug-likeness (QED) is 0.688. The van der Waals surface area contributed by atoms with Gasteiger partial charge in [0.05, 0.1) is 11.3 Å². The number of amides is 2. The van der Waals surface area contributed by atoms with E-state index in [9.17, 15) is 22.8 Å². The summed E-state index contributed by atoms with van der Waals surface area (Å²) in [6.07, 6.45) is 0. The van der Waals surface area contributed by atoms with Gasteiger partial charge in [0, 0.05) is 17.0 Å². The molecule has 0 radical (unpaired) electrons. The Labute approximate surface area is 133 Å². The van der Waals surface area contributed by atoms with E-state index < -0.39 is 40.5 Å². The Balaban J connectivity index is 1.95. The van der Waals surface area contributed by atoms with Crippen molar-refractivity contribution in [2.24, 2.45) is 5.73 Å². The van der Waals surface area contributed by atoms with Crippen LogP contribution in [0, 0.1) is 17.5 Å². The van der Waals surface area contributed by atoms with Gasteiger partial charge in [-0.05, 0) is 24.3 Å². The number of aromatic nitrogens is 1. The smallest absolute Gasteiger partial charge is 0.272 e. The Hall–Kier alpha value is -3.29. The first kappa shape index (κ1) is 15.6. The fourth-order valence-corrected chi connectivity index (χ4v) is 2.26. The molecule has 5 nitrogen and oxygen atoms in total. The molecule has 1 aromatic heterocycles. The summed E-state index contributed by atoms with van der Waals surface area (Å²) in [7, 11) is 0. The maximum absolute atomic E-state index is 13.8. The number of benzene rings is 2. The van der Waals surface area contributed by atoms with E-state index in [-0.39, 0.29) is 11.1 Å². The van der Waals surface area contributed by atoms with Gasteiger partial charge in [-0.1, -0.05) is 6.07 Å². The van der Waals surface area contributed by atoms with E-state index in [0.717, 1.165) is 6.07 Å². The summed E-state index contributed by atoms with van der Waals surface area (Å²) in [5.74, 6) is -4.62. The van der Waals surface area contributed by atoms with Gasteiger partial charge in [0.25, 0.3) is 11.8 Å². The van der Waals surface area contributed by atoms with Crippen molar-refractivity contribution in [3.63, 3.8) is 0 Å². The molecule has 3 aromatic rings. The molecule has 0 spiro atoms. The molecule has 2 amide bonds. The number of nitrogens with two attached hydrogens (primary N) is 1. The zero-order valence-corrected chi connectivity index (χ0v) is 12.0. The van der Waals surface area contributed by atoms with Crippen LogP contribution in [0.2, 0.25) is 0 Å². The highest BCUT2D eigenvalue weighted by Gasteiger charge is 2.17. The average molecular weight is 333 g/mol. The minimum Gasteiger partial charge on any atom is -0.366 e. The zero-order valence-electron chi connectivity index (χ0n) is 12.0. The number of H-pyrrole nitrogens is 1. The first-order chi connectivity index (χ1) is 11.4. The molecule has 8 heteroatoms. The number of hydrogen-bond acceptors (Lipinski definition) is 2.